The number of hydrogen-bond acceptors (Lipinski definition) is 3. The molecule has 1 aromatic rings. The Bertz CT molecular complexity index is 480. The van der Waals surface area contributed by atoms with Crippen LogP contribution in [-0.2, 0) is 11.2 Å². The van der Waals surface area contributed by atoms with Crippen LogP contribution in [0.25, 0.3) is 0 Å². The van der Waals surface area contributed by atoms with Gasteiger partial charge in [-0.3, -0.25) is 4.79 Å². The number of nitrogens with zero attached hydrogens (tertiary/aromatic N) is 1. The van der Waals surface area contributed by atoms with Gasteiger partial charge in [0.1, 0.15) is 0 Å². The minimum Gasteiger partial charge on any atom is -0.364 e. The first-order chi connectivity index (χ1) is 8.06. The molecule has 0 unspecified atom stereocenters. The third-order valence-electron chi connectivity index (χ3n) is 3.58. The smallest absolute Gasteiger partial charge is 0.243 e. The second kappa shape index (κ2) is 3.47. The number of hydrogen-bond donors (Lipinski definition) is 2. The third-order valence-corrected chi connectivity index (χ3v) is 3.58. The second-order valence-electron chi connectivity index (χ2n) is 5.29. The van der Waals surface area contributed by atoms with Gasteiger partial charge >= 0.3 is 0 Å². The van der Waals surface area contributed by atoms with Crippen molar-refractivity contribution in [2.45, 2.75) is 24.8 Å². The molecule has 1 saturated carbocycles. The van der Waals surface area contributed by atoms with Crippen LogP contribution in [-0.4, -0.2) is 25.0 Å². The van der Waals surface area contributed by atoms with E-state index in [0.29, 0.717) is 6.54 Å². The van der Waals surface area contributed by atoms with Crippen molar-refractivity contribution >= 4 is 17.3 Å². The molecule has 3 rings (SSSR count). The van der Waals surface area contributed by atoms with Crippen LogP contribution in [0.5, 0.6) is 0 Å². The second-order valence-corrected chi connectivity index (χ2v) is 5.29. The molecular weight excluding hydrogens is 214 g/mol. The van der Waals surface area contributed by atoms with Crippen LogP contribution >= 0.6 is 0 Å². The molecule has 1 aromatic carbocycles. The largest absolute Gasteiger partial charge is 0.364 e. The Hall–Kier alpha value is -1.55. The van der Waals surface area contributed by atoms with Gasteiger partial charge in [0.15, 0.2) is 0 Å². The molecule has 0 aromatic heterocycles. The summed E-state index contributed by atoms with van der Waals surface area (Å²) in [6, 6.07) is 6.18. The van der Waals surface area contributed by atoms with Gasteiger partial charge in [-0.2, -0.15) is 0 Å². The Morgan fingerprint density at radius 2 is 2.24 bits per heavy atom. The SMILES string of the molecule is CN1CC(=O)Nc2ccc(CC3(N)CC3)cc21. The van der Waals surface area contributed by atoms with E-state index >= 15 is 0 Å². The molecule has 0 atom stereocenters. The van der Waals surface area contributed by atoms with Gasteiger partial charge in [-0.05, 0) is 37.0 Å². The molecule has 90 valence electrons. The quantitative estimate of drug-likeness (QED) is 0.801. The molecular formula is C13H17N3O. The number of carbonyl (C=O) groups is 1. The Morgan fingerprint density at radius 3 is 2.94 bits per heavy atom. The van der Waals surface area contributed by atoms with Crippen molar-refractivity contribution in [2.75, 3.05) is 23.8 Å². The van der Waals surface area contributed by atoms with E-state index < -0.39 is 0 Å². The van der Waals surface area contributed by atoms with Gasteiger partial charge in [0.25, 0.3) is 0 Å². The zero-order chi connectivity index (χ0) is 12.0. The fraction of sp³-hybridized carbons (Fsp3) is 0.462. The molecule has 1 fully saturated rings. The molecule has 0 saturated heterocycles. The van der Waals surface area contributed by atoms with E-state index in [4.69, 9.17) is 5.73 Å². The average molecular weight is 231 g/mol. The summed E-state index contributed by atoms with van der Waals surface area (Å²) < 4.78 is 0. The highest BCUT2D eigenvalue weighted by Gasteiger charge is 2.38. The van der Waals surface area contributed by atoms with Crippen LogP contribution in [0.4, 0.5) is 11.4 Å². The number of nitrogens with two attached hydrogens (primary N) is 1. The van der Waals surface area contributed by atoms with E-state index in [1.807, 2.05) is 18.0 Å². The first-order valence-electron chi connectivity index (χ1n) is 5.99. The number of anilines is 2. The van der Waals surface area contributed by atoms with Crippen molar-refractivity contribution in [3.63, 3.8) is 0 Å². The number of rotatable bonds is 2. The summed E-state index contributed by atoms with van der Waals surface area (Å²) in [5.41, 5.74) is 9.40. The molecule has 2 aliphatic rings. The Morgan fingerprint density at radius 1 is 1.47 bits per heavy atom. The lowest BCUT2D eigenvalue weighted by atomic mass is 10.0. The molecule has 0 bridgehead atoms. The summed E-state index contributed by atoms with van der Waals surface area (Å²) in [5, 5.41) is 2.88. The van der Waals surface area contributed by atoms with E-state index in [1.54, 1.807) is 0 Å². The third kappa shape index (κ3) is 2.00. The number of amides is 1. The summed E-state index contributed by atoms with van der Waals surface area (Å²) in [5.74, 6) is 0.0465. The van der Waals surface area contributed by atoms with Gasteiger partial charge in [-0.15, -0.1) is 0 Å². The monoisotopic (exact) mass is 231 g/mol. The van der Waals surface area contributed by atoms with Gasteiger partial charge in [-0.25, -0.2) is 0 Å². The molecule has 3 N–H and O–H groups in total. The zero-order valence-corrected chi connectivity index (χ0v) is 9.99. The highest BCUT2D eigenvalue weighted by Crippen LogP contribution is 2.37. The van der Waals surface area contributed by atoms with E-state index in [9.17, 15) is 4.79 Å². The van der Waals surface area contributed by atoms with Crippen LogP contribution < -0.4 is 16.0 Å². The minimum absolute atomic E-state index is 0.0325. The number of benzene rings is 1. The molecule has 1 aliphatic carbocycles. The van der Waals surface area contributed by atoms with Gasteiger partial charge < -0.3 is 16.0 Å². The van der Waals surface area contributed by atoms with Crippen LogP contribution in [0.1, 0.15) is 18.4 Å². The summed E-state index contributed by atoms with van der Waals surface area (Å²) in [7, 11) is 1.94. The molecule has 4 nitrogen and oxygen atoms in total. The first kappa shape index (κ1) is 10.6. The molecule has 17 heavy (non-hydrogen) atoms. The van der Waals surface area contributed by atoms with Crippen LogP contribution in [0.3, 0.4) is 0 Å². The van der Waals surface area contributed by atoms with Gasteiger partial charge in [0, 0.05) is 12.6 Å². The highest BCUT2D eigenvalue weighted by atomic mass is 16.2. The predicted molar refractivity (Wildman–Crippen MR) is 68.2 cm³/mol. The lowest BCUT2D eigenvalue weighted by Crippen LogP contribution is -2.35. The molecule has 0 spiro atoms. The van der Waals surface area contributed by atoms with Gasteiger partial charge in [-0.1, -0.05) is 6.07 Å². The van der Waals surface area contributed by atoms with Crippen molar-refractivity contribution in [1.82, 2.24) is 0 Å². The maximum absolute atomic E-state index is 11.4. The standard InChI is InChI=1S/C13H17N3O/c1-16-8-12(17)15-10-3-2-9(6-11(10)16)7-13(14)4-5-13/h2-3,6H,4-5,7-8,14H2,1H3,(H,15,17). The lowest BCUT2D eigenvalue weighted by Gasteiger charge is -2.28. The highest BCUT2D eigenvalue weighted by molar-refractivity contribution is 6.01. The van der Waals surface area contributed by atoms with Crippen molar-refractivity contribution in [1.29, 1.82) is 0 Å². The fourth-order valence-electron chi connectivity index (χ4n) is 2.34. The molecule has 4 heteroatoms. The Balaban J connectivity index is 1.90. The molecule has 1 aliphatic heterocycles. The van der Waals surface area contributed by atoms with Crippen molar-refractivity contribution in [2.24, 2.45) is 5.73 Å². The van der Waals surface area contributed by atoms with Gasteiger partial charge in [0.05, 0.1) is 17.9 Å². The lowest BCUT2D eigenvalue weighted by molar-refractivity contribution is -0.115. The Labute approximate surface area is 101 Å². The van der Waals surface area contributed by atoms with E-state index in [0.717, 1.165) is 30.6 Å². The van der Waals surface area contributed by atoms with Crippen LogP contribution in [0.15, 0.2) is 18.2 Å². The first-order valence-corrected chi connectivity index (χ1v) is 5.99. The fourth-order valence-corrected chi connectivity index (χ4v) is 2.34. The number of likely N-dealkylation sites (N-methyl/N-ethyl adjacent to an activating group) is 1. The maximum Gasteiger partial charge on any atom is 0.243 e. The normalized spacial score (nSPS) is 20.8. The van der Waals surface area contributed by atoms with Gasteiger partial charge in [0.2, 0.25) is 5.91 Å². The maximum atomic E-state index is 11.4. The number of carbonyl (C=O) groups excluding carboxylic acids is 1. The predicted octanol–water partition coefficient (Wildman–Crippen LogP) is 1.11. The van der Waals surface area contributed by atoms with E-state index in [-0.39, 0.29) is 11.4 Å². The van der Waals surface area contributed by atoms with Crippen molar-refractivity contribution in [3.05, 3.63) is 23.8 Å². The topological polar surface area (TPSA) is 58.4 Å². The van der Waals surface area contributed by atoms with E-state index in [1.165, 1.54) is 5.56 Å². The molecule has 0 radical (unpaired) electrons. The van der Waals surface area contributed by atoms with Crippen molar-refractivity contribution in [3.8, 4) is 0 Å². The Kier molecular flexibility index (Phi) is 2.16. The zero-order valence-electron chi connectivity index (χ0n) is 9.99. The summed E-state index contributed by atoms with van der Waals surface area (Å²) in [6.07, 6.45) is 3.18. The van der Waals surface area contributed by atoms with Crippen LogP contribution in [0.2, 0.25) is 0 Å². The number of nitrogens with one attached hydrogen (secondary N) is 1. The minimum atomic E-state index is 0.0325. The molecule has 1 amide bonds. The molecule has 1 heterocycles. The van der Waals surface area contributed by atoms with Crippen LogP contribution in [0, 0.1) is 0 Å². The van der Waals surface area contributed by atoms with Crippen molar-refractivity contribution < 1.29 is 4.79 Å². The van der Waals surface area contributed by atoms with E-state index in [2.05, 4.69) is 17.4 Å². The summed E-state index contributed by atoms with van der Waals surface area (Å²) in [6.45, 7) is 0.421. The average Bonchev–Trinajstić information content (AvgIpc) is 2.97. The number of fused-ring (bicyclic) bond motifs is 1. The summed E-state index contributed by atoms with van der Waals surface area (Å²) in [4.78, 5) is 13.4. The summed E-state index contributed by atoms with van der Waals surface area (Å²) >= 11 is 0.